The third kappa shape index (κ3) is 5.41. The highest BCUT2D eigenvalue weighted by Crippen LogP contribution is 2.16. The topological polar surface area (TPSA) is 49.4 Å². The van der Waals surface area contributed by atoms with Crippen molar-refractivity contribution in [3.05, 3.63) is 70.2 Å². The highest BCUT2D eigenvalue weighted by Gasteiger charge is 2.11. The lowest BCUT2D eigenvalue weighted by Gasteiger charge is -2.15. The molecule has 124 valence electrons. The first-order valence-corrected chi connectivity index (χ1v) is 7.94. The molecule has 0 spiro atoms. The van der Waals surface area contributed by atoms with E-state index in [4.69, 9.17) is 23.2 Å². The lowest BCUT2D eigenvalue weighted by molar-refractivity contribution is -0.129. The summed E-state index contributed by atoms with van der Waals surface area (Å²) in [4.78, 5) is 25.3. The molecule has 2 amide bonds. The Bertz CT molecular complexity index is 758. The monoisotopic (exact) mass is 362 g/mol. The number of anilines is 1. The van der Waals surface area contributed by atoms with Gasteiger partial charge in [0.1, 0.15) is 0 Å². The van der Waals surface area contributed by atoms with E-state index >= 15 is 0 Å². The molecule has 2 aromatic rings. The van der Waals surface area contributed by atoms with Gasteiger partial charge in [0, 0.05) is 28.9 Å². The molecule has 6 heteroatoms. The molecule has 24 heavy (non-hydrogen) atoms. The van der Waals surface area contributed by atoms with Gasteiger partial charge in [-0.1, -0.05) is 41.4 Å². The van der Waals surface area contributed by atoms with Crippen LogP contribution < -0.4 is 5.32 Å². The van der Waals surface area contributed by atoms with Gasteiger partial charge >= 0.3 is 0 Å². The summed E-state index contributed by atoms with van der Waals surface area (Å²) in [6.45, 7) is -0.0612. The second-order valence-corrected chi connectivity index (χ2v) is 5.95. The SMILES string of the molecule is CN(CC(=O)Nc1ccc(Cl)cc1)C(=O)/C=C/c1ccccc1Cl. The standard InChI is InChI=1S/C18H16Cl2N2O2/c1-22(12-17(23)21-15-9-7-14(19)8-10-15)18(24)11-6-13-4-2-3-5-16(13)20/h2-11H,12H2,1H3,(H,21,23)/b11-6+. The van der Waals surface area contributed by atoms with E-state index in [9.17, 15) is 9.59 Å². The minimum Gasteiger partial charge on any atom is -0.333 e. The molecule has 0 atom stereocenters. The average molecular weight is 363 g/mol. The molecule has 0 aliphatic carbocycles. The molecular weight excluding hydrogens is 347 g/mol. The summed E-state index contributed by atoms with van der Waals surface area (Å²) in [7, 11) is 1.56. The van der Waals surface area contributed by atoms with Crippen LogP contribution in [-0.4, -0.2) is 30.3 Å². The maximum atomic E-state index is 12.1. The van der Waals surface area contributed by atoms with Crippen molar-refractivity contribution < 1.29 is 9.59 Å². The van der Waals surface area contributed by atoms with E-state index in [2.05, 4.69) is 5.32 Å². The van der Waals surface area contributed by atoms with Crippen molar-refractivity contribution in [3.63, 3.8) is 0 Å². The highest BCUT2D eigenvalue weighted by atomic mass is 35.5. The van der Waals surface area contributed by atoms with Crippen LogP contribution in [0.25, 0.3) is 6.08 Å². The number of nitrogens with one attached hydrogen (secondary N) is 1. The molecule has 0 saturated carbocycles. The minimum absolute atomic E-state index is 0.0612. The van der Waals surface area contributed by atoms with Gasteiger partial charge in [-0.2, -0.15) is 0 Å². The molecule has 1 N–H and O–H groups in total. The summed E-state index contributed by atoms with van der Waals surface area (Å²) < 4.78 is 0. The molecule has 0 saturated heterocycles. The van der Waals surface area contributed by atoms with Gasteiger partial charge in [0.05, 0.1) is 6.54 Å². The minimum atomic E-state index is -0.292. The summed E-state index contributed by atoms with van der Waals surface area (Å²) in [6.07, 6.45) is 3.01. The second kappa shape index (κ2) is 8.52. The van der Waals surface area contributed by atoms with Gasteiger partial charge in [0.15, 0.2) is 0 Å². The Morgan fingerprint density at radius 2 is 1.75 bits per heavy atom. The first-order chi connectivity index (χ1) is 11.5. The van der Waals surface area contributed by atoms with Crippen LogP contribution in [0.2, 0.25) is 10.0 Å². The number of benzene rings is 2. The van der Waals surface area contributed by atoms with Gasteiger partial charge < -0.3 is 10.2 Å². The molecule has 0 aliphatic rings. The Morgan fingerprint density at radius 3 is 2.42 bits per heavy atom. The Kier molecular flexibility index (Phi) is 6.41. The molecule has 0 fully saturated rings. The van der Waals surface area contributed by atoms with Crippen molar-refractivity contribution in [2.75, 3.05) is 18.9 Å². The van der Waals surface area contributed by atoms with Gasteiger partial charge in [-0.05, 0) is 42.0 Å². The number of rotatable bonds is 5. The number of carbonyl (C=O) groups excluding carboxylic acids is 2. The lowest BCUT2D eigenvalue weighted by Crippen LogP contribution is -2.33. The molecule has 4 nitrogen and oxygen atoms in total. The fourth-order valence-corrected chi connectivity index (χ4v) is 2.25. The Hall–Kier alpha value is -2.30. The fraction of sp³-hybridized carbons (Fsp3) is 0.111. The zero-order valence-electron chi connectivity index (χ0n) is 13.0. The summed E-state index contributed by atoms with van der Waals surface area (Å²) >= 11 is 11.8. The number of nitrogens with zero attached hydrogens (tertiary/aromatic N) is 1. The lowest BCUT2D eigenvalue weighted by atomic mass is 10.2. The van der Waals surface area contributed by atoms with Crippen LogP contribution in [0.15, 0.2) is 54.6 Å². The van der Waals surface area contributed by atoms with E-state index in [1.165, 1.54) is 11.0 Å². The molecule has 0 aromatic heterocycles. The van der Waals surface area contributed by atoms with E-state index in [0.29, 0.717) is 15.7 Å². The Balaban J connectivity index is 1.90. The Morgan fingerprint density at radius 1 is 1.08 bits per heavy atom. The van der Waals surface area contributed by atoms with Crippen LogP contribution in [0, 0.1) is 0 Å². The first-order valence-electron chi connectivity index (χ1n) is 7.19. The molecule has 0 heterocycles. The Labute approximate surface area is 150 Å². The first kappa shape index (κ1) is 18.0. The summed E-state index contributed by atoms with van der Waals surface area (Å²) in [6, 6.07) is 13.9. The molecule has 0 radical (unpaired) electrons. The van der Waals surface area contributed by atoms with Crippen molar-refractivity contribution in [1.82, 2.24) is 4.90 Å². The average Bonchev–Trinajstić information content (AvgIpc) is 2.56. The normalized spacial score (nSPS) is 10.6. The maximum Gasteiger partial charge on any atom is 0.246 e. The summed E-state index contributed by atoms with van der Waals surface area (Å²) in [5, 5.41) is 3.85. The number of hydrogen-bond donors (Lipinski definition) is 1. The van der Waals surface area contributed by atoms with Crippen LogP contribution >= 0.6 is 23.2 Å². The zero-order chi connectivity index (χ0) is 17.5. The van der Waals surface area contributed by atoms with Crippen molar-refractivity contribution in [2.24, 2.45) is 0 Å². The van der Waals surface area contributed by atoms with E-state index < -0.39 is 0 Å². The number of likely N-dealkylation sites (N-methyl/N-ethyl adjacent to an activating group) is 1. The van der Waals surface area contributed by atoms with Crippen LogP contribution in [0.4, 0.5) is 5.69 Å². The number of carbonyl (C=O) groups is 2. The van der Waals surface area contributed by atoms with E-state index in [1.807, 2.05) is 12.1 Å². The summed E-state index contributed by atoms with van der Waals surface area (Å²) in [5.74, 6) is -0.583. The van der Waals surface area contributed by atoms with Crippen LogP contribution in [0.5, 0.6) is 0 Å². The number of halogens is 2. The van der Waals surface area contributed by atoms with E-state index in [-0.39, 0.29) is 18.4 Å². The molecule has 2 aromatic carbocycles. The molecular formula is C18H16Cl2N2O2. The van der Waals surface area contributed by atoms with Crippen molar-refractivity contribution in [2.45, 2.75) is 0 Å². The predicted octanol–water partition coefficient (Wildman–Crippen LogP) is 4.10. The fourth-order valence-electron chi connectivity index (χ4n) is 1.93. The van der Waals surface area contributed by atoms with Crippen LogP contribution in [0.3, 0.4) is 0 Å². The van der Waals surface area contributed by atoms with Crippen molar-refractivity contribution in [3.8, 4) is 0 Å². The maximum absolute atomic E-state index is 12.1. The van der Waals surface area contributed by atoms with Gasteiger partial charge in [-0.3, -0.25) is 9.59 Å². The van der Waals surface area contributed by atoms with Crippen molar-refractivity contribution in [1.29, 1.82) is 0 Å². The molecule has 2 rings (SSSR count). The second-order valence-electron chi connectivity index (χ2n) is 5.10. The predicted molar refractivity (Wildman–Crippen MR) is 98.2 cm³/mol. The van der Waals surface area contributed by atoms with Gasteiger partial charge in [-0.15, -0.1) is 0 Å². The van der Waals surface area contributed by atoms with Gasteiger partial charge in [0.2, 0.25) is 11.8 Å². The third-order valence-electron chi connectivity index (χ3n) is 3.20. The van der Waals surface area contributed by atoms with Crippen molar-refractivity contribution >= 4 is 46.8 Å². The zero-order valence-corrected chi connectivity index (χ0v) is 14.5. The molecule has 0 aliphatic heterocycles. The van der Waals surface area contributed by atoms with Gasteiger partial charge in [-0.25, -0.2) is 0 Å². The highest BCUT2D eigenvalue weighted by molar-refractivity contribution is 6.32. The van der Waals surface area contributed by atoms with E-state index in [1.54, 1.807) is 49.5 Å². The largest absolute Gasteiger partial charge is 0.333 e. The number of amides is 2. The van der Waals surface area contributed by atoms with Crippen LogP contribution in [0.1, 0.15) is 5.56 Å². The smallest absolute Gasteiger partial charge is 0.246 e. The summed E-state index contributed by atoms with van der Waals surface area (Å²) in [5.41, 5.74) is 1.36. The van der Waals surface area contributed by atoms with Gasteiger partial charge in [0.25, 0.3) is 0 Å². The molecule has 0 unspecified atom stereocenters. The molecule has 0 bridgehead atoms. The number of hydrogen-bond acceptors (Lipinski definition) is 2. The third-order valence-corrected chi connectivity index (χ3v) is 3.79. The quantitative estimate of drug-likeness (QED) is 0.813. The van der Waals surface area contributed by atoms with Crippen LogP contribution in [-0.2, 0) is 9.59 Å². The van der Waals surface area contributed by atoms with E-state index in [0.717, 1.165) is 5.56 Å².